The average Bonchev–Trinajstić information content (AvgIpc) is 3.48. The second-order valence-corrected chi connectivity index (χ2v) is 9.93. The summed E-state index contributed by atoms with van der Waals surface area (Å²) in [5.74, 6) is -0.278. The van der Waals surface area contributed by atoms with E-state index in [4.69, 9.17) is 9.47 Å². The van der Waals surface area contributed by atoms with E-state index < -0.39 is 0 Å². The van der Waals surface area contributed by atoms with Gasteiger partial charge in [-0.15, -0.1) is 11.3 Å². The molecule has 0 unspecified atom stereocenters. The summed E-state index contributed by atoms with van der Waals surface area (Å²) < 4.78 is 25.2. The molecule has 2 atom stereocenters. The lowest BCUT2D eigenvalue weighted by Crippen LogP contribution is -2.50. The van der Waals surface area contributed by atoms with Crippen molar-refractivity contribution in [2.75, 3.05) is 32.8 Å². The van der Waals surface area contributed by atoms with Crippen molar-refractivity contribution < 1.29 is 23.5 Å². The van der Waals surface area contributed by atoms with Crippen molar-refractivity contribution in [2.24, 2.45) is 5.92 Å². The molecule has 6 nitrogen and oxygen atoms in total. The van der Waals surface area contributed by atoms with Gasteiger partial charge in [-0.25, -0.2) is 4.39 Å². The van der Waals surface area contributed by atoms with E-state index in [1.165, 1.54) is 17.0 Å². The van der Waals surface area contributed by atoms with Crippen molar-refractivity contribution in [3.8, 4) is 5.75 Å². The van der Waals surface area contributed by atoms with E-state index in [9.17, 15) is 14.0 Å². The van der Waals surface area contributed by atoms with Crippen LogP contribution in [0.25, 0.3) is 0 Å². The molecule has 1 aromatic heterocycles. The molecule has 33 heavy (non-hydrogen) atoms. The molecule has 2 aliphatic heterocycles. The van der Waals surface area contributed by atoms with Gasteiger partial charge in [0, 0.05) is 36.6 Å². The predicted molar refractivity (Wildman–Crippen MR) is 125 cm³/mol. The normalized spacial score (nSPS) is 20.1. The number of amides is 2. The first kappa shape index (κ1) is 23.7. The van der Waals surface area contributed by atoms with Crippen LogP contribution >= 0.6 is 11.3 Å². The van der Waals surface area contributed by atoms with Crippen molar-refractivity contribution in [2.45, 2.75) is 45.3 Å². The molecule has 1 fully saturated rings. The Labute approximate surface area is 198 Å². The molecule has 4 rings (SSSR count). The van der Waals surface area contributed by atoms with Crippen molar-refractivity contribution in [3.63, 3.8) is 0 Å². The number of carbonyl (C=O) groups excluding carboxylic acids is 2. The summed E-state index contributed by atoms with van der Waals surface area (Å²) in [7, 11) is 0. The Morgan fingerprint density at radius 3 is 2.91 bits per heavy atom. The lowest BCUT2D eigenvalue weighted by molar-refractivity contribution is -0.145. The zero-order valence-electron chi connectivity index (χ0n) is 19.2. The van der Waals surface area contributed by atoms with Gasteiger partial charge in [-0.3, -0.25) is 9.59 Å². The number of benzene rings is 1. The second kappa shape index (κ2) is 10.7. The van der Waals surface area contributed by atoms with Gasteiger partial charge < -0.3 is 19.3 Å². The van der Waals surface area contributed by atoms with Crippen LogP contribution in [0.15, 0.2) is 35.7 Å². The molecule has 8 heteroatoms. The van der Waals surface area contributed by atoms with Gasteiger partial charge >= 0.3 is 0 Å². The van der Waals surface area contributed by atoms with Crippen molar-refractivity contribution in [1.82, 2.24) is 9.80 Å². The number of ether oxygens (including phenoxy) is 2. The number of fused-ring (bicyclic) bond motifs is 1. The first-order valence-electron chi connectivity index (χ1n) is 11.6. The highest BCUT2D eigenvalue weighted by molar-refractivity contribution is 7.10. The zero-order chi connectivity index (χ0) is 23.4. The molecule has 2 amide bonds. The third-order valence-corrected chi connectivity index (χ3v) is 7.20. The van der Waals surface area contributed by atoms with E-state index in [0.29, 0.717) is 25.4 Å². The Morgan fingerprint density at radius 2 is 2.18 bits per heavy atom. The number of hydrogen-bond acceptors (Lipinski definition) is 5. The quantitative estimate of drug-likeness (QED) is 0.579. The Balaban J connectivity index is 1.50. The summed E-state index contributed by atoms with van der Waals surface area (Å²) in [6.07, 6.45) is 2.65. The molecular weight excluding hydrogens is 443 g/mol. The largest absolute Gasteiger partial charge is 0.491 e. The van der Waals surface area contributed by atoms with E-state index in [2.05, 4.69) is 0 Å². The molecule has 0 aliphatic carbocycles. The van der Waals surface area contributed by atoms with Crippen LogP contribution in [0, 0.1) is 11.7 Å². The molecule has 3 heterocycles. The minimum Gasteiger partial charge on any atom is -0.491 e. The van der Waals surface area contributed by atoms with Crippen LogP contribution in [0.3, 0.4) is 0 Å². The molecule has 0 saturated carbocycles. The highest BCUT2D eigenvalue weighted by atomic mass is 32.1. The smallest absolute Gasteiger partial charge is 0.242 e. The van der Waals surface area contributed by atoms with E-state index in [1.807, 2.05) is 30.2 Å². The number of nitrogens with zero attached hydrogens (tertiary/aromatic N) is 2. The molecule has 178 valence electrons. The van der Waals surface area contributed by atoms with Crippen LogP contribution in [0.2, 0.25) is 0 Å². The zero-order valence-corrected chi connectivity index (χ0v) is 20.0. The fourth-order valence-electron chi connectivity index (χ4n) is 4.49. The second-order valence-electron chi connectivity index (χ2n) is 8.93. The van der Waals surface area contributed by atoms with Crippen molar-refractivity contribution in [3.05, 3.63) is 52.0 Å². The predicted octanol–water partition coefficient (Wildman–Crippen LogP) is 4.06. The number of carbonyl (C=O) groups is 2. The van der Waals surface area contributed by atoms with Crippen molar-refractivity contribution >= 4 is 23.2 Å². The Hall–Kier alpha value is -2.45. The minimum atomic E-state index is -0.364. The SMILES string of the molecule is CC(C)C(=O)N(CC(=O)N1CCc2sccc2[C@@H]1COc1cccc(F)c1)C[C@H]1CCCO1. The van der Waals surface area contributed by atoms with E-state index in [0.717, 1.165) is 24.8 Å². The van der Waals surface area contributed by atoms with Crippen LogP contribution in [0.4, 0.5) is 4.39 Å². The molecular formula is C25H31FN2O4S. The van der Waals surface area contributed by atoms with Crippen molar-refractivity contribution in [1.29, 1.82) is 0 Å². The third-order valence-electron chi connectivity index (χ3n) is 6.20. The fourth-order valence-corrected chi connectivity index (χ4v) is 5.42. The summed E-state index contributed by atoms with van der Waals surface area (Å²) in [4.78, 5) is 31.1. The van der Waals surface area contributed by atoms with Gasteiger partial charge in [-0.2, -0.15) is 0 Å². The van der Waals surface area contributed by atoms with Crippen LogP contribution < -0.4 is 4.74 Å². The van der Waals surface area contributed by atoms with Gasteiger partial charge in [0.1, 0.15) is 18.2 Å². The maximum Gasteiger partial charge on any atom is 0.242 e. The highest BCUT2D eigenvalue weighted by Gasteiger charge is 2.34. The molecule has 2 aromatic rings. The van der Waals surface area contributed by atoms with Gasteiger partial charge in [0.25, 0.3) is 0 Å². The van der Waals surface area contributed by atoms with E-state index in [1.54, 1.807) is 28.4 Å². The number of halogens is 1. The molecule has 0 spiro atoms. The average molecular weight is 475 g/mol. The maximum absolute atomic E-state index is 13.6. The van der Waals surface area contributed by atoms with Crippen LogP contribution in [-0.2, 0) is 20.7 Å². The van der Waals surface area contributed by atoms with Gasteiger partial charge in [0.05, 0.1) is 18.7 Å². The topological polar surface area (TPSA) is 59.1 Å². The standard InChI is InChI=1S/C25H31FN2O4S/c1-17(2)25(30)27(14-20-7-4-11-31-20)15-24(29)28-10-8-23-21(9-12-33-23)22(28)16-32-19-6-3-5-18(26)13-19/h3,5-6,9,12-13,17,20,22H,4,7-8,10-11,14-16H2,1-2H3/t20-,22+/m1/s1. The van der Waals surface area contributed by atoms with Crippen LogP contribution in [0.5, 0.6) is 5.75 Å². The lowest BCUT2D eigenvalue weighted by atomic mass is 10.00. The Kier molecular flexibility index (Phi) is 7.65. The number of hydrogen-bond donors (Lipinski definition) is 0. The van der Waals surface area contributed by atoms with E-state index in [-0.39, 0.29) is 48.8 Å². The summed E-state index contributed by atoms with van der Waals surface area (Å²) in [5, 5.41) is 2.03. The minimum absolute atomic E-state index is 0.0163. The van der Waals surface area contributed by atoms with Gasteiger partial charge in [-0.1, -0.05) is 19.9 Å². The lowest BCUT2D eigenvalue weighted by Gasteiger charge is -2.37. The molecule has 0 bridgehead atoms. The van der Waals surface area contributed by atoms with Gasteiger partial charge in [-0.05, 0) is 48.4 Å². The Bertz CT molecular complexity index is 973. The molecule has 0 radical (unpaired) electrons. The summed E-state index contributed by atoms with van der Waals surface area (Å²) in [6, 6.07) is 7.77. The molecule has 2 aliphatic rings. The fraction of sp³-hybridized carbons (Fsp3) is 0.520. The first-order valence-corrected chi connectivity index (χ1v) is 12.4. The monoisotopic (exact) mass is 474 g/mol. The third kappa shape index (κ3) is 5.73. The molecule has 1 aromatic carbocycles. The summed E-state index contributed by atoms with van der Waals surface area (Å²) in [6.45, 7) is 5.65. The highest BCUT2D eigenvalue weighted by Crippen LogP contribution is 2.34. The number of rotatable bonds is 8. The summed E-state index contributed by atoms with van der Waals surface area (Å²) in [5.41, 5.74) is 1.07. The summed E-state index contributed by atoms with van der Waals surface area (Å²) >= 11 is 1.68. The number of thiophene rings is 1. The first-order chi connectivity index (χ1) is 15.9. The van der Waals surface area contributed by atoms with Crippen LogP contribution in [0.1, 0.15) is 43.2 Å². The van der Waals surface area contributed by atoms with Gasteiger partial charge in [0.2, 0.25) is 11.8 Å². The maximum atomic E-state index is 13.6. The molecule has 1 saturated heterocycles. The van der Waals surface area contributed by atoms with E-state index >= 15 is 0 Å². The Morgan fingerprint density at radius 1 is 1.33 bits per heavy atom. The van der Waals surface area contributed by atoms with Crippen LogP contribution in [-0.4, -0.2) is 60.6 Å². The molecule has 0 N–H and O–H groups in total. The van der Waals surface area contributed by atoms with Gasteiger partial charge in [0.15, 0.2) is 0 Å².